The third-order valence-electron chi connectivity index (χ3n) is 5.59. The molecule has 0 aromatic heterocycles. The van der Waals surface area contributed by atoms with Gasteiger partial charge in [-0.15, -0.1) is 0 Å². The smallest absolute Gasteiger partial charge is 0.186 e. The number of rotatable bonds is 1. The fourth-order valence-corrected chi connectivity index (χ4v) is 4.13. The van der Waals surface area contributed by atoms with Gasteiger partial charge in [-0.3, -0.25) is 19.2 Å². The second-order valence-electron chi connectivity index (χ2n) is 7.60. The number of hydrogen-bond acceptors (Lipinski definition) is 4. The van der Waals surface area contributed by atoms with Crippen LogP contribution in [0, 0.1) is 0 Å². The van der Waals surface area contributed by atoms with Crippen molar-refractivity contribution in [1.29, 1.82) is 0 Å². The highest BCUT2D eigenvalue weighted by Gasteiger charge is 2.19. The molecule has 32 heavy (non-hydrogen) atoms. The van der Waals surface area contributed by atoms with E-state index in [1.807, 2.05) is 12.1 Å². The van der Waals surface area contributed by atoms with Gasteiger partial charge >= 0.3 is 0 Å². The first-order chi connectivity index (χ1) is 15.5. The molecule has 4 heteroatoms. The largest absolute Gasteiger partial charge is 0.290 e. The van der Waals surface area contributed by atoms with Crippen molar-refractivity contribution in [3.8, 4) is 0 Å². The van der Waals surface area contributed by atoms with Crippen LogP contribution in [0.3, 0.4) is 0 Å². The number of carbonyl (C=O) groups is 4. The van der Waals surface area contributed by atoms with Crippen molar-refractivity contribution in [2.24, 2.45) is 0 Å². The molecule has 4 aromatic rings. The molecule has 0 saturated carbocycles. The van der Waals surface area contributed by atoms with E-state index in [1.165, 1.54) is 58.7 Å². The van der Waals surface area contributed by atoms with E-state index < -0.39 is 0 Å². The van der Waals surface area contributed by atoms with Crippen LogP contribution in [0.2, 0.25) is 0 Å². The summed E-state index contributed by atoms with van der Waals surface area (Å²) in [7, 11) is 0. The highest BCUT2D eigenvalue weighted by molar-refractivity contribution is 6.37. The van der Waals surface area contributed by atoms with Gasteiger partial charge in [-0.1, -0.05) is 54.6 Å². The summed E-state index contributed by atoms with van der Waals surface area (Å²) in [5.41, 5.74) is 1.30. The van der Waals surface area contributed by atoms with E-state index in [0.29, 0.717) is 5.57 Å². The van der Waals surface area contributed by atoms with E-state index in [-0.39, 0.29) is 23.1 Å². The minimum absolute atomic E-state index is 0.121. The Morgan fingerprint density at radius 2 is 1.00 bits per heavy atom. The van der Waals surface area contributed by atoms with Gasteiger partial charge in [0.1, 0.15) is 0 Å². The van der Waals surface area contributed by atoms with Crippen LogP contribution < -0.4 is 0 Å². The molecular formula is C28H16O4. The van der Waals surface area contributed by atoms with Crippen molar-refractivity contribution < 1.29 is 19.2 Å². The summed E-state index contributed by atoms with van der Waals surface area (Å²) in [6.07, 6.45) is 9.13. The highest BCUT2D eigenvalue weighted by Crippen LogP contribution is 2.38. The molecule has 0 aliphatic heterocycles. The van der Waals surface area contributed by atoms with Crippen LogP contribution in [0.15, 0.2) is 97.1 Å². The predicted octanol–water partition coefficient (Wildman–Crippen LogP) is 4.93. The SMILES string of the molecule is O=C1C=CC(=O)C(c2ccc3ccc4cccc5ccc2c3c45)=C1.O=C1C=CC(=O)C=C1. The Morgan fingerprint density at radius 3 is 1.66 bits per heavy atom. The fourth-order valence-electron chi connectivity index (χ4n) is 4.13. The first-order valence-corrected chi connectivity index (χ1v) is 10.1. The third kappa shape index (κ3) is 3.38. The van der Waals surface area contributed by atoms with E-state index >= 15 is 0 Å². The van der Waals surface area contributed by atoms with Gasteiger partial charge in [0.2, 0.25) is 0 Å². The van der Waals surface area contributed by atoms with Gasteiger partial charge in [-0.05, 0) is 80.4 Å². The number of ketones is 4. The third-order valence-corrected chi connectivity index (χ3v) is 5.59. The maximum Gasteiger partial charge on any atom is 0.186 e. The van der Waals surface area contributed by atoms with Crippen molar-refractivity contribution in [3.63, 3.8) is 0 Å². The van der Waals surface area contributed by atoms with Crippen LogP contribution >= 0.6 is 0 Å². The van der Waals surface area contributed by atoms with E-state index in [2.05, 4.69) is 42.5 Å². The Labute approximate surface area is 183 Å². The molecule has 152 valence electrons. The van der Waals surface area contributed by atoms with E-state index in [0.717, 1.165) is 21.7 Å². The molecule has 2 aliphatic carbocycles. The molecule has 0 atom stereocenters. The lowest BCUT2D eigenvalue weighted by atomic mass is 9.87. The fraction of sp³-hybridized carbons (Fsp3) is 0. The van der Waals surface area contributed by atoms with Crippen LogP contribution in [0.4, 0.5) is 0 Å². The van der Waals surface area contributed by atoms with E-state index in [1.54, 1.807) is 0 Å². The Morgan fingerprint density at radius 1 is 0.469 bits per heavy atom. The summed E-state index contributed by atoms with van der Waals surface area (Å²) in [4.78, 5) is 44.6. The summed E-state index contributed by atoms with van der Waals surface area (Å²) >= 11 is 0. The molecule has 4 aromatic carbocycles. The Bertz CT molecular complexity index is 1520. The molecular weight excluding hydrogens is 400 g/mol. The predicted molar refractivity (Wildman–Crippen MR) is 126 cm³/mol. The molecule has 6 rings (SSSR count). The van der Waals surface area contributed by atoms with Gasteiger partial charge in [0, 0.05) is 5.57 Å². The normalized spacial score (nSPS) is 15.6. The summed E-state index contributed by atoms with van der Waals surface area (Å²) in [5, 5.41) is 6.88. The number of carbonyl (C=O) groups excluding carboxylic acids is 4. The molecule has 0 heterocycles. The summed E-state index contributed by atoms with van der Waals surface area (Å²) < 4.78 is 0. The van der Waals surface area contributed by atoms with Crippen molar-refractivity contribution in [1.82, 2.24) is 0 Å². The number of allylic oxidation sites excluding steroid dienone is 8. The molecule has 0 radical (unpaired) electrons. The van der Waals surface area contributed by atoms with Gasteiger partial charge in [0.05, 0.1) is 0 Å². The maximum atomic E-state index is 12.3. The van der Waals surface area contributed by atoms with Crippen molar-refractivity contribution in [2.45, 2.75) is 0 Å². The maximum absolute atomic E-state index is 12.3. The lowest BCUT2D eigenvalue weighted by Crippen LogP contribution is -2.07. The Balaban J connectivity index is 0.000000230. The van der Waals surface area contributed by atoms with E-state index in [9.17, 15) is 19.2 Å². The van der Waals surface area contributed by atoms with Gasteiger partial charge in [0.25, 0.3) is 0 Å². The van der Waals surface area contributed by atoms with Crippen molar-refractivity contribution in [3.05, 3.63) is 103 Å². The topological polar surface area (TPSA) is 68.3 Å². The lowest BCUT2D eigenvalue weighted by molar-refractivity contribution is -0.113. The number of benzene rings is 4. The molecule has 0 amide bonds. The van der Waals surface area contributed by atoms with Gasteiger partial charge in [0.15, 0.2) is 23.1 Å². The summed E-state index contributed by atoms with van der Waals surface area (Å²) in [5.74, 6) is -0.505. The van der Waals surface area contributed by atoms with E-state index in [4.69, 9.17) is 0 Å². The second kappa shape index (κ2) is 7.67. The molecule has 0 N–H and O–H groups in total. The average Bonchev–Trinajstić information content (AvgIpc) is 2.81. The Kier molecular flexibility index (Phi) is 4.68. The zero-order valence-corrected chi connectivity index (χ0v) is 16.9. The standard InChI is InChI=1S/C22H12O2.C6H4O2/c23-16-8-11-20(24)19(12-16)17-9-6-15-5-4-13-2-1-3-14-7-10-18(17)22(15)21(13)14;7-5-1-2-6(8)4-3-5/h1-12H;1-4H. The number of hydrogen-bond donors (Lipinski definition) is 0. The molecule has 0 saturated heterocycles. The molecule has 0 spiro atoms. The van der Waals surface area contributed by atoms with Crippen molar-refractivity contribution >= 4 is 61.0 Å². The highest BCUT2D eigenvalue weighted by atomic mass is 16.1. The quantitative estimate of drug-likeness (QED) is 0.326. The van der Waals surface area contributed by atoms with Crippen LogP contribution in [0.25, 0.3) is 37.9 Å². The first-order valence-electron chi connectivity index (χ1n) is 10.1. The minimum Gasteiger partial charge on any atom is -0.290 e. The van der Waals surface area contributed by atoms with Crippen LogP contribution in [0.1, 0.15) is 5.56 Å². The zero-order chi connectivity index (χ0) is 22.2. The molecule has 0 fully saturated rings. The molecule has 0 bridgehead atoms. The lowest BCUT2D eigenvalue weighted by Gasteiger charge is -2.15. The van der Waals surface area contributed by atoms with Crippen LogP contribution in [-0.2, 0) is 19.2 Å². The zero-order valence-electron chi connectivity index (χ0n) is 16.9. The second-order valence-corrected chi connectivity index (χ2v) is 7.60. The monoisotopic (exact) mass is 416 g/mol. The van der Waals surface area contributed by atoms with Crippen LogP contribution in [0.5, 0.6) is 0 Å². The minimum atomic E-state index is -0.143. The first kappa shape index (κ1) is 19.5. The van der Waals surface area contributed by atoms with Gasteiger partial charge in [-0.25, -0.2) is 0 Å². The summed E-state index contributed by atoms with van der Waals surface area (Å²) in [6, 6.07) is 18.6. The molecule has 4 nitrogen and oxygen atoms in total. The van der Waals surface area contributed by atoms with Crippen LogP contribution in [-0.4, -0.2) is 23.1 Å². The molecule has 2 aliphatic rings. The Hall–Kier alpha value is -4.44. The average molecular weight is 416 g/mol. The summed E-state index contributed by atoms with van der Waals surface area (Å²) in [6.45, 7) is 0. The van der Waals surface area contributed by atoms with Gasteiger partial charge in [-0.2, -0.15) is 0 Å². The van der Waals surface area contributed by atoms with Gasteiger partial charge < -0.3 is 0 Å². The molecule has 0 unspecified atom stereocenters. The van der Waals surface area contributed by atoms with Crippen molar-refractivity contribution in [2.75, 3.05) is 0 Å².